The summed E-state index contributed by atoms with van der Waals surface area (Å²) in [6, 6.07) is 114. The van der Waals surface area contributed by atoms with Crippen LogP contribution in [0.15, 0.2) is 314 Å². The van der Waals surface area contributed by atoms with Crippen molar-refractivity contribution in [3.63, 3.8) is 0 Å². The summed E-state index contributed by atoms with van der Waals surface area (Å²) in [4.78, 5) is 2.38. The van der Waals surface area contributed by atoms with Gasteiger partial charge in [0.05, 0.1) is 5.41 Å². The molecule has 358 valence electrons. The van der Waals surface area contributed by atoms with Gasteiger partial charge in [-0.25, -0.2) is 0 Å². The van der Waals surface area contributed by atoms with Gasteiger partial charge in [0.15, 0.2) is 8.07 Å². The molecular weight excluding hydrogens is 935 g/mol. The molecular formula is C73H51NOSi. The molecule has 1 heterocycles. The summed E-state index contributed by atoms with van der Waals surface area (Å²) in [6.07, 6.45) is 0. The molecule has 0 radical (unpaired) electrons. The molecule has 0 unspecified atom stereocenters. The van der Waals surface area contributed by atoms with Crippen LogP contribution in [0.2, 0.25) is 0 Å². The van der Waals surface area contributed by atoms with Gasteiger partial charge in [-0.3, -0.25) is 0 Å². The maximum Gasteiger partial charge on any atom is 0.179 e. The average molecular weight is 986 g/mol. The number of benzene rings is 12. The van der Waals surface area contributed by atoms with Gasteiger partial charge in [-0.2, -0.15) is 0 Å². The van der Waals surface area contributed by atoms with E-state index in [9.17, 15) is 0 Å². The van der Waals surface area contributed by atoms with E-state index in [-0.39, 0.29) is 0 Å². The molecule has 13 aromatic rings. The van der Waals surface area contributed by atoms with Gasteiger partial charge in [-0.15, -0.1) is 0 Å². The molecule has 0 fully saturated rings. The van der Waals surface area contributed by atoms with Crippen LogP contribution in [0.25, 0.3) is 55.3 Å². The Morgan fingerprint density at radius 3 is 1.20 bits per heavy atom. The number of para-hydroxylation sites is 2. The van der Waals surface area contributed by atoms with Gasteiger partial charge in [-0.1, -0.05) is 267 Å². The minimum Gasteiger partial charge on any atom is -0.455 e. The molecule has 1 aliphatic rings. The van der Waals surface area contributed by atoms with Gasteiger partial charge in [0, 0.05) is 33.4 Å². The molecule has 0 N–H and O–H groups in total. The number of hydrogen-bond donors (Lipinski definition) is 0. The van der Waals surface area contributed by atoms with Gasteiger partial charge >= 0.3 is 0 Å². The molecule has 0 saturated carbocycles. The van der Waals surface area contributed by atoms with E-state index in [1.807, 2.05) is 12.1 Å². The number of nitrogens with zero attached hydrogens (tertiary/aromatic N) is 1. The van der Waals surface area contributed by atoms with E-state index < -0.39 is 13.5 Å². The minimum absolute atomic E-state index is 0.486. The lowest BCUT2D eigenvalue weighted by molar-refractivity contribution is 0.670. The van der Waals surface area contributed by atoms with Crippen molar-refractivity contribution in [3.8, 4) is 33.4 Å². The minimum atomic E-state index is -2.65. The molecule has 0 bridgehead atoms. The summed E-state index contributed by atoms with van der Waals surface area (Å²) in [6.45, 7) is 0. The van der Waals surface area contributed by atoms with Gasteiger partial charge in [0.2, 0.25) is 0 Å². The second kappa shape index (κ2) is 18.7. The maximum absolute atomic E-state index is 6.51. The van der Waals surface area contributed by atoms with Crippen LogP contribution in [0.4, 0.5) is 17.1 Å². The average Bonchev–Trinajstić information content (AvgIpc) is 4.22. The fourth-order valence-corrected chi connectivity index (χ4v) is 17.3. The van der Waals surface area contributed by atoms with E-state index in [0.29, 0.717) is 0 Å². The predicted octanol–water partition coefficient (Wildman–Crippen LogP) is 16.1. The number of anilines is 3. The van der Waals surface area contributed by atoms with Crippen molar-refractivity contribution < 1.29 is 4.42 Å². The highest BCUT2D eigenvalue weighted by molar-refractivity contribution is 7.19. The summed E-state index contributed by atoms with van der Waals surface area (Å²) in [5.74, 6) is 0. The molecule has 0 aliphatic heterocycles. The van der Waals surface area contributed by atoms with Crippen LogP contribution in [-0.4, -0.2) is 8.07 Å². The molecule has 1 aliphatic carbocycles. The third kappa shape index (κ3) is 7.23. The molecule has 0 atom stereocenters. The van der Waals surface area contributed by atoms with E-state index in [0.717, 1.165) is 55.7 Å². The first-order chi connectivity index (χ1) is 37.7. The summed E-state index contributed by atoms with van der Waals surface area (Å²) < 4.78 is 6.51. The predicted molar refractivity (Wildman–Crippen MR) is 320 cm³/mol. The lowest BCUT2D eigenvalue weighted by Crippen LogP contribution is -2.74. The molecule has 0 amide bonds. The smallest absolute Gasteiger partial charge is 0.179 e. The standard InChI is InChI=1S/C73H51NOSi/c1-5-20-55(21-6-1)73(69-33-16-13-28-65(69)66-29-14-17-34-70(66)73)56-42-48-59(49-43-56)74(58-46-38-54(39-47-58)64-31-19-32-68-67-30-15-18-35-71(67)75-72(64)68)57-44-36-52(37-45-57)53-40-50-63(51-41-53)76(60-22-7-2-8-23-60,61-24-9-3-10-25-61)62-26-11-4-12-27-62/h1-51H. The molecule has 3 heteroatoms. The summed E-state index contributed by atoms with van der Waals surface area (Å²) in [5, 5.41) is 7.70. The van der Waals surface area contributed by atoms with Crippen molar-refractivity contribution >= 4 is 67.8 Å². The summed E-state index contributed by atoms with van der Waals surface area (Å²) in [5.41, 5.74) is 16.7. The highest BCUT2D eigenvalue weighted by Gasteiger charge is 2.46. The van der Waals surface area contributed by atoms with Gasteiger partial charge in [0.1, 0.15) is 11.2 Å². The molecule has 12 aromatic carbocycles. The topological polar surface area (TPSA) is 16.4 Å². The largest absolute Gasteiger partial charge is 0.455 e. The number of rotatable bonds is 11. The first-order valence-corrected chi connectivity index (χ1v) is 28.2. The van der Waals surface area contributed by atoms with Crippen LogP contribution in [0.1, 0.15) is 22.3 Å². The Morgan fingerprint density at radius 1 is 0.276 bits per heavy atom. The lowest BCUT2D eigenvalue weighted by Gasteiger charge is -2.34. The number of furan rings is 1. The zero-order valence-electron chi connectivity index (χ0n) is 41.8. The quantitative estimate of drug-likeness (QED) is 0.0948. The Labute approximate surface area is 445 Å². The van der Waals surface area contributed by atoms with Gasteiger partial charge in [-0.05, 0) is 113 Å². The van der Waals surface area contributed by atoms with Crippen molar-refractivity contribution in [2.75, 3.05) is 4.90 Å². The lowest BCUT2D eigenvalue weighted by atomic mass is 9.68. The van der Waals surface area contributed by atoms with E-state index in [4.69, 9.17) is 4.42 Å². The first-order valence-electron chi connectivity index (χ1n) is 26.2. The van der Waals surface area contributed by atoms with Gasteiger partial charge < -0.3 is 9.32 Å². The highest BCUT2D eigenvalue weighted by Crippen LogP contribution is 2.56. The van der Waals surface area contributed by atoms with Crippen molar-refractivity contribution in [3.05, 3.63) is 332 Å². The van der Waals surface area contributed by atoms with Crippen molar-refractivity contribution in [2.24, 2.45) is 0 Å². The van der Waals surface area contributed by atoms with Gasteiger partial charge in [0.25, 0.3) is 0 Å². The molecule has 14 rings (SSSR count). The van der Waals surface area contributed by atoms with Crippen LogP contribution in [0.5, 0.6) is 0 Å². The van der Waals surface area contributed by atoms with Crippen LogP contribution in [0, 0.1) is 0 Å². The van der Waals surface area contributed by atoms with Crippen molar-refractivity contribution in [2.45, 2.75) is 5.41 Å². The van der Waals surface area contributed by atoms with E-state index in [2.05, 4.69) is 302 Å². The van der Waals surface area contributed by atoms with Crippen LogP contribution in [0.3, 0.4) is 0 Å². The normalized spacial score (nSPS) is 12.6. The third-order valence-electron chi connectivity index (χ3n) is 16.0. The van der Waals surface area contributed by atoms with Crippen LogP contribution >= 0.6 is 0 Å². The Balaban J connectivity index is 0.872. The van der Waals surface area contributed by atoms with E-state index in [1.165, 1.54) is 59.7 Å². The van der Waals surface area contributed by atoms with E-state index >= 15 is 0 Å². The molecule has 0 spiro atoms. The van der Waals surface area contributed by atoms with Crippen LogP contribution in [-0.2, 0) is 5.41 Å². The zero-order valence-corrected chi connectivity index (χ0v) is 42.8. The summed E-state index contributed by atoms with van der Waals surface area (Å²) in [7, 11) is -2.65. The second-order valence-electron chi connectivity index (χ2n) is 19.9. The Morgan fingerprint density at radius 2 is 0.658 bits per heavy atom. The van der Waals surface area contributed by atoms with Crippen LogP contribution < -0.4 is 25.6 Å². The fourth-order valence-electron chi connectivity index (χ4n) is 12.6. The molecule has 0 saturated heterocycles. The number of hydrogen-bond acceptors (Lipinski definition) is 2. The summed E-state index contributed by atoms with van der Waals surface area (Å²) >= 11 is 0. The van der Waals surface area contributed by atoms with Crippen molar-refractivity contribution in [1.82, 2.24) is 0 Å². The highest BCUT2D eigenvalue weighted by atomic mass is 28.3. The monoisotopic (exact) mass is 985 g/mol. The Hall–Kier alpha value is -9.54. The molecule has 1 aromatic heterocycles. The molecule has 2 nitrogen and oxygen atoms in total. The first kappa shape index (κ1) is 45.1. The third-order valence-corrected chi connectivity index (χ3v) is 20.8. The second-order valence-corrected chi connectivity index (χ2v) is 23.7. The Bertz CT molecular complexity index is 4030. The number of fused-ring (bicyclic) bond motifs is 6. The van der Waals surface area contributed by atoms with E-state index in [1.54, 1.807) is 0 Å². The maximum atomic E-state index is 6.51. The SMILES string of the molecule is c1ccc(C2(c3ccc(N(c4ccc(-c5ccc([Si](c6ccccc6)(c6ccccc6)c6ccccc6)cc5)cc4)c4ccc(-c5cccc6c5oc5ccccc56)cc4)cc3)c3ccccc3-c3ccccc32)cc1. The van der Waals surface area contributed by atoms with Crippen molar-refractivity contribution in [1.29, 1.82) is 0 Å². The molecule has 76 heavy (non-hydrogen) atoms. The fraction of sp³-hybridized carbons (Fsp3) is 0.0137. The zero-order chi connectivity index (χ0) is 50.5. The Kier molecular flexibility index (Phi) is 11.1.